The number of carbonyl (C=O) groups is 1. The van der Waals surface area contributed by atoms with Crippen LogP contribution in [-0.4, -0.2) is 24.5 Å². The minimum atomic E-state index is 0.0282. The summed E-state index contributed by atoms with van der Waals surface area (Å²) in [5, 5.41) is 3.78. The molecular formula is C29H30N2O2. The van der Waals surface area contributed by atoms with Crippen molar-refractivity contribution < 1.29 is 9.53 Å². The number of ether oxygens (including phenoxy) is 1. The van der Waals surface area contributed by atoms with Crippen molar-refractivity contribution in [2.75, 3.05) is 19.0 Å². The first-order valence-corrected chi connectivity index (χ1v) is 11.7. The summed E-state index contributed by atoms with van der Waals surface area (Å²) in [6.45, 7) is 3.21. The van der Waals surface area contributed by atoms with Gasteiger partial charge in [0.25, 0.3) is 5.91 Å². The van der Waals surface area contributed by atoms with Crippen LogP contribution >= 0.6 is 0 Å². The molecule has 3 aromatic rings. The first kappa shape index (κ1) is 21.3. The third-order valence-corrected chi connectivity index (χ3v) is 6.79. The van der Waals surface area contributed by atoms with Crippen LogP contribution in [0.2, 0.25) is 0 Å². The molecule has 0 saturated carbocycles. The summed E-state index contributed by atoms with van der Waals surface area (Å²) in [4.78, 5) is 15.4. The average molecular weight is 439 g/mol. The molecule has 3 atom stereocenters. The molecule has 3 unspecified atom stereocenters. The van der Waals surface area contributed by atoms with Gasteiger partial charge in [-0.3, -0.25) is 4.79 Å². The fourth-order valence-electron chi connectivity index (χ4n) is 5.27. The van der Waals surface area contributed by atoms with Gasteiger partial charge in [-0.2, -0.15) is 0 Å². The lowest BCUT2D eigenvalue weighted by Crippen LogP contribution is -2.33. The molecule has 1 heterocycles. The number of anilines is 1. The Morgan fingerprint density at radius 2 is 1.76 bits per heavy atom. The number of hydrogen-bond acceptors (Lipinski definition) is 3. The zero-order valence-corrected chi connectivity index (χ0v) is 19.2. The smallest absolute Gasteiger partial charge is 0.256 e. The topological polar surface area (TPSA) is 41.6 Å². The number of hydrogen-bond donors (Lipinski definition) is 1. The molecule has 1 N–H and O–H groups in total. The van der Waals surface area contributed by atoms with E-state index in [9.17, 15) is 4.79 Å². The van der Waals surface area contributed by atoms with Crippen molar-refractivity contribution >= 4 is 11.6 Å². The molecular weight excluding hydrogens is 408 g/mol. The van der Waals surface area contributed by atoms with Crippen LogP contribution in [0, 0.1) is 5.92 Å². The zero-order chi connectivity index (χ0) is 22.8. The molecule has 33 heavy (non-hydrogen) atoms. The van der Waals surface area contributed by atoms with E-state index in [1.807, 2.05) is 56.4 Å². The van der Waals surface area contributed by atoms with E-state index in [0.717, 1.165) is 34.5 Å². The summed E-state index contributed by atoms with van der Waals surface area (Å²) in [6, 6.07) is 24.6. The van der Waals surface area contributed by atoms with Crippen LogP contribution in [0.5, 0.6) is 5.75 Å². The summed E-state index contributed by atoms with van der Waals surface area (Å²) < 4.78 is 5.97. The normalized spacial score (nSPS) is 20.5. The molecule has 4 heteroatoms. The Bertz CT molecular complexity index is 1170. The van der Waals surface area contributed by atoms with E-state index in [1.165, 1.54) is 5.56 Å². The third kappa shape index (κ3) is 4.02. The quantitative estimate of drug-likeness (QED) is 0.467. The van der Waals surface area contributed by atoms with Gasteiger partial charge in [-0.05, 0) is 42.5 Å². The second-order valence-electron chi connectivity index (χ2n) is 8.86. The molecule has 5 rings (SSSR count). The number of para-hydroxylation sites is 2. The molecule has 0 radical (unpaired) electrons. The van der Waals surface area contributed by atoms with E-state index in [2.05, 4.69) is 47.8 Å². The van der Waals surface area contributed by atoms with Gasteiger partial charge in [0.2, 0.25) is 0 Å². The summed E-state index contributed by atoms with van der Waals surface area (Å²) in [5.74, 6) is 1.62. The Morgan fingerprint density at radius 3 is 2.58 bits per heavy atom. The zero-order valence-electron chi connectivity index (χ0n) is 19.2. The maximum Gasteiger partial charge on any atom is 0.256 e. The van der Waals surface area contributed by atoms with Crippen molar-refractivity contribution in [3.05, 3.63) is 107 Å². The van der Waals surface area contributed by atoms with E-state index in [-0.39, 0.29) is 17.9 Å². The SMILES string of the molecule is CCOc1ccccc1C1Nc2c(C(=O)N(C)Cc3ccccc3)cccc2C2C=CCC21. The lowest BCUT2D eigenvalue weighted by Gasteiger charge is -2.39. The molecule has 1 aliphatic heterocycles. The highest BCUT2D eigenvalue weighted by molar-refractivity contribution is 6.00. The second-order valence-corrected chi connectivity index (χ2v) is 8.86. The lowest BCUT2D eigenvalue weighted by atomic mass is 9.76. The van der Waals surface area contributed by atoms with Gasteiger partial charge in [-0.1, -0.05) is 72.8 Å². The van der Waals surface area contributed by atoms with E-state index in [1.54, 1.807) is 4.90 Å². The van der Waals surface area contributed by atoms with Crippen LogP contribution in [-0.2, 0) is 6.54 Å². The van der Waals surface area contributed by atoms with Gasteiger partial charge >= 0.3 is 0 Å². The Hall–Kier alpha value is -3.53. The first-order chi connectivity index (χ1) is 16.2. The van der Waals surface area contributed by atoms with Crippen molar-refractivity contribution in [2.45, 2.75) is 31.8 Å². The monoisotopic (exact) mass is 438 g/mol. The Balaban J connectivity index is 1.51. The second kappa shape index (κ2) is 9.14. The van der Waals surface area contributed by atoms with Gasteiger partial charge in [-0.15, -0.1) is 0 Å². The summed E-state index contributed by atoms with van der Waals surface area (Å²) in [6.07, 6.45) is 5.59. The standard InChI is InChI=1S/C29H30N2O2/c1-3-33-26-18-8-7-13-24(26)27-22-15-9-14-21(22)23-16-10-17-25(28(23)30-27)29(32)31(2)19-20-11-5-4-6-12-20/h4-14,16-18,21-22,27,30H,3,15,19H2,1-2H3. The van der Waals surface area contributed by atoms with Crippen LogP contribution in [0.1, 0.15) is 52.4 Å². The van der Waals surface area contributed by atoms with Crippen molar-refractivity contribution in [1.82, 2.24) is 4.90 Å². The number of fused-ring (bicyclic) bond motifs is 3. The Labute approximate surface area is 195 Å². The van der Waals surface area contributed by atoms with Crippen molar-refractivity contribution in [2.24, 2.45) is 5.92 Å². The molecule has 168 valence electrons. The molecule has 0 fully saturated rings. The number of nitrogens with one attached hydrogen (secondary N) is 1. The predicted molar refractivity (Wildman–Crippen MR) is 133 cm³/mol. The van der Waals surface area contributed by atoms with Gasteiger partial charge in [0.05, 0.1) is 23.9 Å². The van der Waals surface area contributed by atoms with Gasteiger partial charge in [0.1, 0.15) is 5.75 Å². The van der Waals surface area contributed by atoms with Gasteiger partial charge < -0.3 is 15.0 Å². The summed E-state index contributed by atoms with van der Waals surface area (Å²) in [7, 11) is 1.87. The number of benzene rings is 3. The molecule has 4 nitrogen and oxygen atoms in total. The van der Waals surface area contributed by atoms with Crippen molar-refractivity contribution in [3.63, 3.8) is 0 Å². The number of amides is 1. The molecule has 0 bridgehead atoms. The van der Waals surface area contributed by atoms with Gasteiger partial charge in [-0.25, -0.2) is 0 Å². The van der Waals surface area contributed by atoms with Crippen LogP contribution in [0.15, 0.2) is 84.9 Å². The molecule has 0 saturated heterocycles. The lowest BCUT2D eigenvalue weighted by molar-refractivity contribution is 0.0785. The Kier molecular flexibility index (Phi) is 5.91. The third-order valence-electron chi connectivity index (χ3n) is 6.79. The Morgan fingerprint density at radius 1 is 1.00 bits per heavy atom. The summed E-state index contributed by atoms with van der Waals surface area (Å²) >= 11 is 0. The average Bonchev–Trinajstić information content (AvgIpc) is 3.34. The highest BCUT2D eigenvalue weighted by Gasteiger charge is 2.40. The highest BCUT2D eigenvalue weighted by atomic mass is 16.5. The highest BCUT2D eigenvalue weighted by Crippen LogP contribution is 2.52. The minimum absolute atomic E-state index is 0.0282. The van der Waals surface area contributed by atoms with Crippen LogP contribution < -0.4 is 10.1 Å². The molecule has 1 amide bonds. The fraction of sp³-hybridized carbons (Fsp3) is 0.276. The van der Waals surface area contributed by atoms with Gasteiger partial charge in [0, 0.05) is 25.1 Å². The number of rotatable bonds is 6. The van der Waals surface area contributed by atoms with E-state index >= 15 is 0 Å². The van der Waals surface area contributed by atoms with Crippen LogP contribution in [0.25, 0.3) is 0 Å². The number of allylic oxidation sites excluding steroid dienone is 2. The first-order valence-electron chi connectivity index (χ1n) is 11.7. The largest absolute Gasteiger partial charge is 0.494 e. The maximum absolute atomic E-state index is 13.6. The molecule has 0 aromatic heterocycles. The number of carbonyl (C=O) groups excluding carboxylic acids is 1. The predicted octanol–water partition coefficient (Wildman–Crippen LogP) is 6.18. The number of nitrogens with zero attached hydrogens (tertiary/aromatic N) is 1. The van der Waals surface area contributed by atoms with Crippen LogP contribution in [0.4, 0.5) is 5.69 Å². The fourth-order valence-corrected chi connectivity index (χ4v) is 5.27. The molecule has 3 aromatic carbocycles. The molecule has 2 aliphatic rings. The van der Waals surface area contributed by atoms with Gasteiger partial charge in [0.15, 0.2) is 0 Å². The van der Waals surface area contributed by atoms with Crippen molar-refractivity contribution in [1.29, 1.82) is 0 Å². The van der Waals surface area contributed by atoms with Crippen molar-refractivity contribution in [3.8, 4) is 5.75 Å². The molecule has 1 aliphatic carbocycles. The molecule has 0 spiro atoms. The maximum atomic E-state index is 13.6. The van der Waals surface area contributed by atoms with E-state index in [4.69, 9.17) is 4.74 Å². The van der Waals surface area contributed by atoms with Crippen LogP contribution in [0.3, 0.4) is 0 Å². The van der Waals surface area contributed by atoms with E-state index in [0.29, 0.717) is 19.1 Å². The minimum Gasteiger partial charge on any atom is -0.494 e. The summed E-state index contributed by atoms with van der Waals surface area (Å²) in [5.41, 5.74) is 5.16. The van der Waals surface area contributed by atoms with E-state index < -0.39 is 0 Å².